The topological polar surface area (TPSA) is 113 Å². The Balaban J connectivity index is 0.650. The summed E-state index contributed by atoms with van der Waals surface area (Å²) in [6, 6.07) is 147. The Morgan fingerprint density at radius 3 is 1.25 bits per heavy atom. The molecule has 0 atom stereocenters. The summed E-state index contributed by atoms with van der Waals surface area (Å²) in [5, 5.41) is 11.1. The van der Waals surface area contributed by atoms with Gasteiger partial charge in [0.1, 0.15) is 22.3 Å². The molecule has 11 heteroatoms. The average Bonchev–Trinajstić information content (AvgIpc) is 1.61. The maximum Gasteiger partial charge on any atom is 0.165 e. The molecular formula is C114H68N8O2S. The molecule has 0 N–H and O–H groups in total. The number of furan rings is 2. The molecule has 7 heterocycles. The molecule has 10 nitrogen and oxygen atoms in total. The Kier molecular flexibility index (Phi) is 16.6. The molecule has 0 saturated heterocycles. The Hall–Kier alpha value is -16.6. The summed E-state index contributed by atoms with van der Waals surface area (Å²) in [4.78, 5) is 32.4. The van der Waals surface area contributed by atoms with Crippen molar-refractivity contribution >= 4 is 119 Å². The van der Waals surface area contributed by atoms with Crippen LogP contribution in [0.25, 0.3) is 254 Å². The minimum Gasteiger partial charge on any atom is -0.456 e. The summed E-state index contributed by atoms with van der Waals surface area (Å²) in [7, 11) is 0. The van der Waals surface area contributed by atoms with Crippen molar-refractivity contribution < 1.29 is 8.83 Å². The third kappa shape index (κ3) is 12.0. The Labute approximate surface area is 720 Å². The summed E-state index contributed by atoms with van der Waals surface area (Å²) in [5.41, 5.74) is 27.0. The van der Waals surface area contributed by atoms with Gasteiger partial charge in [-0.2, -0.15) is 0 Å². The van der Waals surface area contributed by atoms with Crippen molar-refractivity contribution in [2.75, 3.05) is 0 Å². The molecule has 7 aromatic heterocycles. The first-order valence-corrected chi connectivity index (χ1v) is 42.8. The molecule has 0 amide bonds. The van der Waals surface area contributed by atoms with Gasteiger partial charge in [0.15, 0.2) is 34.9 Å². The summed E-state index contributed by atoms with van der Waals surface area (Å²) >= 11 is 1.83. The molecule has 0 aliphatic heterocycles. The molecule has 0 bridgehead atoms. The molecule has 25 rings (SSSR count). The standard InChI is InChI=1S/C114H68N8O2S/c1-5-28-71(29-6-1)109-115-110(72-30-7-2-8-31-72)118-113(117-109)90-61-59-78(82-45-27-52-103-105(82)91-43-17-23-51-102(91)123-103)63-92(90)94-66-79(65-93-87-41-16-22-50-101(87)124-107(93)94)122-99-49-21-15-40-85(99)86-60-58-77(64-100(86)122)76-37-25-36-75(62-76)69-54-56-70(57-55-69)81-44-26-46-89(106(81)114-119-111(73-32-9-3-10-33-73)116-112(120-114)74-34-11-4-12-35-74)96-68-80(67-95-88-42-18-24-53-104(88)125-108(95)96)121-97-47-19-13-38-83(97)84-39-14-20-48-98(84)121/h1-68H. The number of hydrogen-bond acceptors (Lipinski definition) is 9. The van der Waals surface area contributed by atoms with E-state index in [9.17, 15) is 0 Å². The van der Waals surface area contributed by atoms with Gasteiger partial charge in [-0.25, -0.2) is 29.9 Å². The van der Waals surface area contributed by atoms with Crippen molar-refractivity contribution in [1.82, 2.24) is 39.0 Å². The van der Waals surface area contributed by atoms with Gasteiger partial charge in [0.2, 0.25) is 0 Å². The first kappa shape index (κ1) is 71.3. The molecule has 0 unspecified atom stereocenters. The van der Waals surface area contributed by atoms with Crippen molar-refractivity contribution in [3.63, 3.8) is 0 Å². The molecule has 125 heavy (non-hydrogen) atoms. The number of para-hydroxylation sites is 5. The molecule has 0 fully saturated rings. The first-order valence-electron chi connectivity index (χ1n) is 42.0. The smallest absolute Gasteiger partial charge is 0.165 e. The van der Waals surface area contributed by atoms with Crippen LogP contribution in [0.4, 0.5) is 0 Å². The highest BCUT2D eigenvalue weighted by Gasteiger charge is 2.28. The minimum atomic E-state index is 0.523. The zero-order valence-electron chi connectivity index (χ0n) is 67.1. The third-order valence-electron chi connectivity index (χ3n) is 24.7. The quantitative estimate of drug-likeness (QED) is 0.106. The monoisotopic (exact) mass is 1610 g/mol. The zero-order chi connectivity index (χ0) is 82.2. The molecule has 0 radical (unpaired) electrons. The van der Waals surface area contributed by atoms with Crippen LogP contribution in [0.15, 0.2) is 421 Å². The van der Waals surface area contributed by atoms with Gasteiger partial charge in [-0.15, -0.1) is 11.3 Å². The molecule has 582 valence electrons. The van der Waals surface area contributed by atoms with Gasteiger partial charge in [0, 0.05) is 119 Å². The van der Waals surface area contributed by atoms with E-state index in [2.05, 4.69) is 331 Å². The van der Waals surface area contributed by atoms with Gasteiger partial charge in [0.25, 0.3) is 0 Å². The maximum atomic E-state index is 7.23. The molecule has 0 aliphatic carbocycles. The number of rotatable bonds is 14. The SMILES string of the molecule is c1ccc(-c2nc(-c3ccccc3)nc(-c3ccc(-c4cccc5oc6ccccc6c45)cc3-c3cc(-n4c5ccccc5c5ccc(-c6cccc(-c7ccc(-c8cccc(-c9cc(-n%10c%11ccccc%11c%11ccccc%11%10)cc%10c9sc9ccccc9%10)c8-c8nc(-c9ccccc9)nc(-c9ccccc9)n8)cc7)c6)cc54)cc4c3oc3ccccc34)n2)cc1. The third-order valence-corrected chi connectivity index (χ3v) is 25.9. The van der Waals surface area contributed by atoms with Crippen molar-refractivity contribution in [3.05, 3.63) is 413 Å². The van der Waals surface area contributed by atoms with Crippen LogP contribution in [0, 0.1) is 0 Å². The minimum absolute atomic E-state index is 0.523. The lowest BCUT2D eigenvalue weighted by atomic mass is 9.89. The second-order valence-electron chi connectivity index (χ2n) is 31.9. The second kappa shape index (κ2) is 29.1. The van der Waals surface area contributed by atoms with Gasteiger partial charge in [-0.05, 0) is 147 Å². The lowest BCUT2D eigenvalue weighted by molar-refractivity contribution is 0.669. The van der Waals surface area contributed by atoms with E-state index < -0.39 is 0 Å². The van der Waals surface area contributed by atoms with Gasteiger partial charge in [0.05, 0.1) is 22.1 Å². The lowest BCUT2D eigenvalue weighted by Gasteiger charge is -2.18. The summed E-state index contributed by atoms with van der Waals surface area (Å²) in [5.74, 6) is 3.40. The van der Waals surface area contributed by atoms with E-state index in [0.29, 0.717) is 34.9 Å². The lowest BCUT2D eigenvalue weighted by Crippen LogP contribution is -2.02. The van der Waals surface area contributed by atoms with E-state index in [1.807, 2.05) is 102 Å². The largest absolute Gasteiger partial charge is 0.456 e. The van der Waals surface area contributed by atoms with E-state index >= 15 is 0 Å². The van der Waals surface area contributed by atoms with Crippen LogP contribution < -0.4 is 0 Å². The molecule has 18 aromatic carbocycles. The van der Waals surface area contributed by atoms with Gasteiger partial charge < -0.3 is 18.0 Å². The fourth-order valence-corrected chi connectivity index (χ4v) is 20.1. The van der Waals surface area contributed by atoms with Crippen molar-refractivity contribution in [1.29, 1.82) is 0 Å². The van der Waals surface area contributed by atoms with Gasteiger partial charge in [-0.3, -0.25) is 0 Å². The molecule has 0 saturated carbocycles. The van der Waals surface area contributed by atoms with Crippen molar-refractivity contribution in [2.24, 2.45) is 0 Å². The molecule has 0 aliphatic rings. The summed E-state index contributed by atoms with van der Waals surface area (Å²) < 4.78 is 21.1. The van der Waals surface area contributed by atoms with E-state index in [4.69, 9.17) is 38.7 Å². The van der Waals surface area contributed by atoms with E-state index in [-0.39, 0.29) is 0 Å². The normalized spacial score (nSPS) is 11.8. The predicted molar refractivity (Wildman–Crippen MR) is 515 cm³/mol. The fourth-order valence-electron chi connectivity index (χ4n) is 18.9. The number of nitrogens with zero attached hydrogens (tertiary/aromatic N) is 8. The van der Waals surface area contributed by atoms with Crippen molar-refractivity contribution in [2.45, 2.75) is 0 Å². The summed E-state index contributed by atoms with van der Waals surface area (Å²) in [6.45, 7) is 0. The van der Waals surface area contributed by atoms with Crippen LogP contribution >= 0.6 is 11.3 Å². The van der Waals surface area contributed by atoms with Crippen LogP contribution in [0.2, 0.25) is 0 Å². The Morgan fingerprint density at radius 1 is 0.200 bits per heavy atom. The van der Waals surface area contributed by atoms with Gasteiger partial charge >= 0.3 is 0 Å². The highest BCUT2D eigenvalue weighted by atomic mass is 32.1. The number of hydrogen-bond donors (Lipinski definition) is 0. The van der Waals surface area contributed by atoms with Crippen LogP contribution in [-0.4, -0.2) is 39.0 Å². The van der Waals surface area contributed by atoms with E-state index in [1.165, 1.54) is 30.9 Å². The van der Waals surface area contributed by atoms with E-state index in [1.54, 1.807) is 0 Å². The van der Waals surface area contributed by atoms with Gasteiger partial charge in [-0.1, -0.05) is 322 Å². The highest BCUT2D eigenvalue weighted by Crippen LogP contribution is 2.51. The Morgan fingerprint density at radius 2 is 0.624 bits per heavy atom. The number of aromatic nitrogens is 8. The summed E-state index contributed by atoms with van der Waals surface area (Å²) in [6.07, 6.45) is 0. The molecule has 25 aromatic rings. The number of fused-ring (bicyclic) bond motifs is 15. The highest BCUT2D eigenvalue weighted by molar-refractivity contribution is 7.26. The zero-order valence-corrected chi connectivity index (χ0v) is 67.9. The number of thiophene rings is 1. The molecular weight excluding hydrogens is 1550 g/mol. The maximum absolute atomic E-state index is 7.23. The second-order valence-corrected chi connectivity index (χ2v) is 32.9. The average molecular weight is 1610 g/mol. The molecule has 0 spiro atoms. The van der Waals surface area contributed by atoms with Crippen molar-refractivity contribution in [3.8, 4) is 146 Å². The Bertz CT molecular complexity index is 8500. The number of benzene rings is 18. The van der Waals surface area contributed by atoms with Crippen LogP contribution in [0.1, 0.15) is 0 Å². The van der Waals surface area contributed by atoms with Crippen LogP contribution in [0.5, 0.6) is 0 Å². The van der Waals surface area contributed by atoms with Crippen LogP contribution in [0.3, 0.4) is 0 Å². The van der Waals surface area contributed by atoms with E-state index in [0.717, 1.165) is 188 Å². The predicted octanol–water partition coefficient (Wildman–Crippen LogP) is 30.4. The first-order chi connectivity index (χ1) is 61.9. The fraction of sp³-hybridized carbons (Fsp3) is 0. The van der Waals surface area contributed by atoms with Crippen LogP contribution in [-0.2, 0) is 0 Å².